The molecule has 116 valence electrons. The van der Waals surface area contributed by atoms with Crippen molar-refractivity contribution in [2.45, 2.75) is 13.0 Å². The van der Waals surface area contributed by atoms with Crippen molar-refractivity contribution in [3.63, 3.8) is 0 Å². The molecule has 0 unspecified atom stereocenters. The normalized spacial score (nSPS) is 11.9. The number of aromatic nitrogens is 3. The summed E-state index contributed by atoms with van der Waals surface area (Å²) in [7, 11) is 0. The molecular weight excluding hydrogens is 288 g/mol. The van der Waals surface area contributed by atoms with Crippen LogP contribution in [0.25, 0.3) is 11.5 Å². The predicted molar refractivity (Wildman–Crippen MR) is 89.9 cm³/mol. The highest BCUT2D eigenvalue weighted by molar-refractivity contribution is 5.53. The van der Waals surface area contributed by atoms with Crippen molar-refractivity contribution in [1.82, 2.24) is 15.0 Å². The maximum atomic E-state index is 9.68. The number of benzene rings is 1. The minimum absolute atomic E-state index is 0.0218. The SMILES string of the molecule is Cc1cc(N[C@H](CO)c2ccccc2)nc(-c2ccccn2)n1. The number of aliphatic hydroxyl groups is 1. The monoisotopic (exact) mass is 306 g/mol. The number of aliphatic hydroxyl groups excluding tert-OH is 1. The fourth-order valence-electron chi connectivity index (χ4n) is 2.35. The zero-order chi connectivity index (χ0) is 16.1. The van der Waals surface area contributed by atoms with Crippen LogP contribution in [0.3, 0.4) is 0 Å². The van der Waals surface area contributed by atoms with E-state index < -0.39 is 0 Å². The van der Waals surface area contributed by atoms with E-state index in [1.54, 1.807) is 6.20 Å². The van der Waals surface area contributed by atoms with Gasteiger partial charge in [0.05, 0.1) is 12.6 Å². The van der Waals surface area contributed by atoms with Crippen molar-refractivity contribution in [1.29, 1.82) is 0 Å². The zero-order valence-corrected chi connectivity index (χ0v) is 12.8. The lowest BCUT2D eigenvalue weighted by Gasteiger charge is -2.18. The molecule has 2 aromatic heterocycles. The summed E-state index contributed by atoms with van der Waals surface area (Å²) in [6, 6.07) is 17.1. The smallest absolute Gasteiger partial charge is 0.180 e. The molecule has 0 radical (unpaired) electrons. The van der Waals surface area contributed by atoms with Crippen LogP contribution in [-0.4, -0.2) is 26.7 Å². The Morgan fingerprint density at radius 3 is 2.52 bits per heavy atom. The largest absolute Gasteiger partial charge is 0.394 e. The molecule has 3 aromatic rings. The van der Waals surface area contributed by atoms with Gasteiger partial charge in [-0.25, -0.2) is 9.97 Å². The van der Waals surface area contributed by atoms with Crippen LogP contribution in [-0.2, 0) is 0 Å². The lowest BCUT2D eigenvalue weighted by atomic mass is 10.1. The molecule has 5 heteroatoms. The van der Waals surface area contributed by atoms with Gasteiger partial charge in [0.25, 0.3) is 0 Å². The van der Waals surface area contributed by atoms with E-state index in [1.807, 2.05) is 61.5 Å². The first kappa shape index (κ1) is 15.1. The highest BCUT2D eigenvalue weighted by Crippen LogP contribution is 2.20. The van der Waals surface area contributed by atoms with E-state index in [-0.39, 0.29) is 12.6 Å². The molecule has 0 aliphatic heterocycles. The van der Waals surface area contributed by atoms with Crippen molar-refractivity contribution in [3.8, 4) is 11.5 Å². The van der Waals surface area contributed by atoms with E-state index in [1.165, 1.54) is 0 Å². The Kier molecular flexibility index (Phi) is 4.59. The molecular formula is C18H18N4O. The number of hydrogen-bond donors (Lipinski definition) is 2. The van der Waals surface area contributed by atoms with Gasteiger partial charge in [-0.3, -0.25) is 4.98 Å². The van der Waals surface area contributed by atoms with Crippen molar-refractivity contribution < 1.29 is 5.11 Å². The zero-order valence-electron chi connectivity index (χ0n) is 12.8. The minimum Gasteiger partial charge on any atom is -0.394 e. The first-order valence-corrected chi connectivity index (χ1v) is 7.45. The summed E-state index contributed by atoms with van der Waals surface area (Å²) < 4.78 is 0. The molecule has 5 nitrogen and oxygen atoms in total. The maximum Gasteiger partial charge on any atom is 0.180 e. The molecule has 1 aromatic carbocycles. The lowest BCUT2D eigenvalue weighted by molar-refractivity contribution is 0.276. The van der Waals surface area contributed by atoms with Crippen LogP contribution in [0.4, 0.5) is 5.82 Å². The van der Waals surface area contributed by atoms with Gasteiger partial charge in [0.2, 0.25) is 0 Å². The third-order valence-corrected chi connectivity index (χ3v) is 3.45. The van der Waals surface area contributed by atoms with Gasteiger partial charge in [-0.2, -0.15) is 0 Å². The second-order valence-electron chi connectivity index (χ2n) is 5.22. The Balaban J connectivity index is 1.89. The molecule has 2 N–H and O–H groups in total. The van der Waals surface area contributed by atoms with Gasteiger partial charge in [-0.15, -0.1) is 0 Å². The molecule has 3 rings (SSSR count). The third kappa shape index (κ3) is 3.70. The van der Waals surface area contributed by atoms with E-state index >= 15 is 0 Å². The van der Waals surface area contributed by atoms with Crippen LogP contribution < -0.4 is 5.32 Å². The Bertz CT molecular complexity index is 762. The summed E-state index contributed by atoms with van der Waals surface area (Å²) in [5.41, 5.74) is 2.57. The molecule has 0 amide bonds. The summed E-state index contributed by atoms with van der Waals surface area (Å²) >= 11 is 0. The fraction of sp³-hybridized carbons (Fsp3) is 0.167. The molecule has 0 fully saturated rings. The first-order valence-electron chi connectivity index (χ1n) is 7.45. The van der Waals surface area contributed by atoms with Gasteiger partial charge in [-0.1, -0.05) is 36.4 Å². The van der Waals surface area contributed by atoms with Crippen LogP contribution in [0.1, 0.15) is 17.3 Å². The average molecular weight is 306 g/mol. The average Bonchev–Trinajstić information content (AvgIpc) is 2.61. The van der Waals surface area contributed by atoms with Gasteiger partial charge in [0.1, 0.15) is 11.5 Å². The third-order valence-electron chi connectivity index (χ3n) is 3.45. The van der Waals surface area contributed by atoms with E-state index in [9.17, 15) is 5.11 Å². The molecule has 0 saturated heterocycles. The fourth-order valence-corrected chi connectivity index (χ4v) is 2.35. The molecule has 0 saturated carbocycles. The van der Waals surface area contributed by atoms with Crippen LogP contribution >= 0.6 is 0 Å². The van der Waals surface area contributed by atoms with E-state index in [0.29, 0.717) is 11.6 Å². The molecule has 23 heavy (non-hydrogen) atoms. The Hall–Kier alpha value is -2.79. The number of hydrogen-bond acceptors (Lipinski definition) is 5. The molecule has 0 aliphatic rings. The number of nitrogens with zero attached hydrogens (tertiary/aromatic N) is 3. The molecule has 0 aliphatic carbocycles. The number of rotatable bonds is 5. The summed E-state index contributed by atoms with van der Waals surface area (Å²) in [4.78, 5) is 13.2. The van der Waals surface area contributed by atoms with Crippen molar-refractivity contribution in [2.24, 2.45) is 0 Å². The van der Waals surface area contributed by atoms with E-state index in [0.717, 1.165) is 17.0 Å². The predicted octanol–water partition coefficient (Wildman–Crippen LogP) is 2.99. The van der Waals surface area contributed by atoms with Gasteiger partial charge in [0.15, 0.2) is 5.82 Å². The maximum absolute atomic E-state index is 9.68. The second kappa shape index (κ2) is 6.98. The first-order chi connectivity index (χ1) is 11.3. The van der Waals surface area contributed by atoms with Crippen LogP contribution in [0.2, 0.25) is 0 Å². The molecule has 0 bridgehead atoms. The Labute approximate surface area is 135 Å². The summed E-state index contributed by atoms with van der Waals surface area (Å²) in [5.74, 6) is 1.24. The van der Waals surface area contributed by atoms with Gasteiger partial charge in [0, 0.05) is 18.0 Å². The standard InChI is InChI=1S/C18H18N4O/c1-13-11-17(21-16(12-23)14-7-3-2-4-8-14)22-18(20-13)15-9-5-6-10-19-15/h2-11,16,23H,12H2,1H3,(H,20,21,22)/t16-/m1/s1. The number of aryl methyl sites for hydroxylation is 1. The van der Waals surface area contributed by atoms with Crippen LogP contribution in [0.5, 0.6) is 0 Å². The molecule has 0 spiro atoms. The van der Waals surface area contributed by atoms with Gasteiger partial charge < -0.3 is 10.4 Å². The topological polar surface area (TPSA) is 70.9 Å². The van der Waals surface area contributed by atoms with E-state index in [2.05, 4.69) is 20.3 Å². The highest BCUT2D eigenvalue weighted by atomic mass is 16.3. The van der Waals surface area contributed by atoms with Crippen LogP contribution in [0, 0.1) is 6.92 Å². The minimum atomic E-state index is -0.220. The summed E-state index contributed by atoms with van der Waals surface area (Å²) in [6.07, 6.45) is 1.72. The Morgan fingerprint density at radius 1 is 1.04 bits per heavy atom. The van der Waals surface area contributed by atoms with Crippen molar-refractivity contribution in [2.75, 3.05) is 11.9 Å². The lowest BCUT2D eigenvalue weighted by Crippen LogP contribution is -2.16. The highest BCUT2D eigenvalue weighted by Gasteiger charge is 2.12. The number of pyridine rings is 1. The van der Waals surface area contributed by atoms with Crippen LogP contribution in [0.15, 0.2) is 60.8 Å². The van der Waals surface area contributed by atoms with Crippen molar-refractivity contribution >= 4 is 5.82 Å². The van der Waals surface area contributed by atoms with E-state index in [4.69, 9.17) is 0 Å². The number of anilines is 1. The molecule has 1 atom stereocenters. The Morgan fingerprint density at radius 2 is 1.83 bits per heavy atom. The van der Waals surface area contributed by atoms with Gasteiger partial charge in [-0.05, 0) is 24.6 Å². The summed E-state index contributed by atoms with van der Waals surface area (Å²) in [5, 5.41) is 12.9. The quantitative estimate of drug-likeness (QED) is 0.758. The van der Waals surface area contributed by atoms with Gasteiger partial charge >= 0.3 is 0 Å². The van der Waals surface area contributed by atoms with Crippen molar-refractivity contribution in [3.05, 3.63) is 72.1 Å². The molecule has 2 heterocycles. The second-order valence-corrected chi connectivity index (χ2v) is 5.22. The summed E-state index contributed by atoms with van der Waals surface area (Å²) in [6.45, 7) is 1.89. The number of nitrogens with one attached hydrogen (secondary N) is 1.